The molecular formula is C13H21N3O. The summed E-state index contributed by atoms with van der Waals surface area (Å²) in [6.45, 7) is 7.43. The zero-order valence-corrected chi connectivity index (χ0v) is 10.6. The van der Waals surface area contributed by atoms with Gasteiger partial charge < -0.3 is 10.4 Å². The third-order valence-electron chi connectivity index (χ3n) is 3.12. The normalized spacial score (nSPS) is 25.1. The highest BCUT2D eigenvalue weighted by molar-refractivity contribution is 5.35. The second kappa shape index (κ2) is 5.02. The molecule has 1 saturated heterocycles. The van der Waals surface area contributed by atoms with Crippen molar-refractivity contribution < 1.29 is 5.11 Å². The van der Waals surface area contributed by atoms with Gasteiger partial charge in [-0.3, -0.25) is 4.90 Å². The van der Waals surface area contributed by atoms with Crippen LogP contribution in [0.1, 0.15) is 25.8 Å². The number of likely N-dealkylation sites (tertiary alicyclic amines) is 1. The number of hydrogen-bond acceptors (Lipinski definition) is 4. The lowest BCUT2D eigenvalue weighted by Gasteiger charge is -2.18. The predicted molar refractivity (Wildman–Crippen MR) is 68.9 cm³/mol. The number of nitrogens with one attached hydrogen (secondary N) is 1. The third kappa shape index (κ3) is 3.41. The number of pyridine rings is 1. The zero-order valence-electron chi connectivity index (χ0n) is 10.6. The largest absolute Gasteiger partial charge is 0.389 e. The average Bonchev–Trinajstić information content (AvgIpc) is 2.61. The van der Waals surface area contributed by atoms with Crippen molar-refractivity contribution in [3.8, 4) is 0 Å². The van der Waals surface area contributed by atoms with Crippen LogP contribution in [-0.2, 0) is 6.54 Å². The first kappa shape index (κ1) is 12.3. The highest BCUT2D eigenvalue weighted by atomic mass is 16.3. The molecule has 4 heteroatoms. The molecule has 94 valence electrons. The Hall–Kier alpha value is -1.13. The minimum Gasteiger partial charge on any atom is -0.389 e. The summed E-state index contributed by atoms with van der Waals surface area (Å²) < 4.78 is 0. The van der Waals surface area contributed by atoms with E-state index in [1.807, 2.05) is 19.2 Å². The van der Waals surface area contributed by atoms with Crippen LogP contribution in [-0.4, -0.2) is 40.2 Å². The zero-order chi connectivity index (χ0) is 12.3. The lowest BCUT2D eigenvalue weighted by atomic mass is 10.1. The van der Waals surface area contributed by atoms with Crippen LogP contribution in [0.2, 0.25) is 0 Å². The molecule has 1 aliphatic heterocycles. The maximum absolute atomic E-state index is 9.89. The van der Waals surface area contributed by atoms with Crippen LogP contribution in [0, 0.1) is 0 Å². The van der Waals surface area contributed by atoms with Crippen LogP contribution in [0.15, 0.2) is 18.3 Å². The molecule has 1 fully saturated rings. The molecule has 1 atom stereocenters. The molecule has 2 rings (SSSR count). The van der Waals surface area contributed by atoms with E-state index in [0.717, 1.165) is 38.4 Å². The van der Waals surface area contributed by atoms with Crippen LogP contribution in [0.4, 0.5) is 5.82 Å². The van der Waals surface area contributed by atoms with Crippen LogP contribution in [0.3, 0.4) is 0 Å². The SMILES string of the molecule is CCNc1ccc(CN2CCC(C)(O)C2)cn1. The first-order valence-electron chi connectivity index (χ1n) is 6.22. The molecule has 0 aliphatic carbocycles. The lowest BCUT2D eigenvalue weighted by molar-refractivity contribution is 0.0679. The number of hydrogen-bond donors (Lipinski definition) is 2. The second-order valence-electron chi connectivity index (χ2n) is 5.04. The molecule has 17 heavy (non-hydrogen) atoms. The third-order valence-corrected chi connectivity index (χ3v) is 3.12. The van der Waals surface area contributed by atoms with Gasteiger partial charge in [0.1, 0.15) is 5.82 Å². The Morgan fingerprint density at radius 2 is 2.35 bits per heavy atom. The van der Waals surface area contributed by atoms with E-state index < -0.39 is 5.60 Å². The molecule has 2 N–H and O–H groups in total. The monoisotopic (exact) mass is 235 g/mol. The summed E-state index contributed by atoms with van der Waals surface area (Å²) >= 11 is 0. The summed E-state index contributed by atoms with van der Waals surface area (Å²) in [6, 6.07) is 4.10. The van der Waals surface area contributed by atoms with E-state index in [1.54, 1.807) is 0 Å². The van der Waals surface area contributed by atoms with Gasteiger partial charge >= 0.3 is 0 Å². The number of aromatic nitrogens is 1. The first-order valence-corrected chi connectivity index (χ1v) is 6.22. The fourth-order valence-corrected chi connectivity index (χ4v) is 2.24. The summed E-state index contributed by atoms with van der Waals surface area (Å²) in [5.74, 6) is 0.921. The fourth-order valence-electron chi connectivity index (χ4n) is 2.24. The molecule has 0 spiro atoms. The van der Waals surface area contributed by atoms with Crippen LogP contribution < -0.4 is 5.32 Å². The van der Waals surface area contributed by atoms with E-state index in [-0.39, 0.29) is 0 Å². The quantitative estimate of drug-likeness (QED) is 0.829. The molecule has 0 aromatic carbocycles. The minimum atomic E-state index is -0.517. The van der Waals surface area contributed by atoms with Crippen molar-refractivity contribution in [2.24, 2.45) is 0 Å². The number of nitrogens with zero attached hydrogens (tertiary/aromatic N) is 2. The molecule has 4 nitrogen and oxygen atoms in total. The van der Waals surface area contributed by atoms with Gasteiger partial charge in [0.15, 0.2) is 0 Å². The Morgan fingerprint density at radius 3 is 2.88 bits per heavy atom. The highest BCUT2D eigenvalue weighted by Crippen LogP contribution is 2.21. The van der Waals surface area contributed by atoms with Crippen molar-refractivity contribution in [1.82, 2.24) is 9.88 Å². The molecule has 2 heterocycles. The molecule has 0 radical (unpaired) electrons. The topological polar surface area (TPSA) is 48.4 Å². The van der Waals surface area contributed by atoms with Crippen LogP contribution in [0.5, 0.6) is 0 Å². The Labute approximate surface area is 103 Å². The summed E-state index contributed by atoms with van der Waals surface area (Å²) in [7, 11) is 0. The van der Waals surface area contributed by atoms with Gasteiger partial charge in [0.25, 0.3) is 0 Å². The van der Waals surface area contributed by atoms with Gasteiger partial charge in [0.05, 0.1) is 5.60 Å². The summed E-state index contributed by atoms with van der Waals surface area (Å²) in [6.07, 6.45) is 2.76. The molecule has 0 saturated carbocycles. The standard InChI is InChI=1S/C13H21N3O/c1-3-14-12-5-4-11(8-15-12)9-16-7-6-13(2,17)10-16/h4-5,8,17H,3,6-7,9-10H2,1-2H3,(H,14,15). The van der Waals surface area contributed by atoms with Crippen molar-refractivity contribution in [2.45, 2.75) is 32.4 Å². The number of rotatable bonds is 4. The predicted octanol–water partition coefficient (Wildman–Crippen LogP) is 1.47. The van der Waals surface area contributed by atoms with Gasteiger partial charge in [0, 0.05) is 32.4 Å². The number of β-amino-alcohol motifs (C(OH)–C–C–N with tert-alkyl or cyclic N) is 1. The summed E-state index contributed by atoms with van der Waals surface area (Å²) in [5, 5.41) is 13.1. The second-order valence-corrected chi connectivity index (χ2v) is 5.04. The van der Waals surface area contributed by atoms with Crippen LogP contribution in [0.25, 0.3) is 0 Å². The minimum absolute atomic E-state index is 0.517. The smallest absolute Gasteiger partial charge is 0.125 e. The van der Waals surface area contributed by atoms with Gasteiger partial charge in [-0.2, -0.15) is 0 Å². The fraction of sp³-hybridized carbons (Fsp3) is 0.615. The average molecular weight is 235 g/mol. The molecule has 1 aromatic heterocycles. The molecule has 1 aromatic rings. The van der Waals surface area contributed by atoms with Gasteiger partial charge in [-0.15, -0.1) is 0 Å². The molecular weight excluding hydrogens is 214 g/mol. The first-order chi connectivity index (χ1) is 8.09. The number of anilines is 1. The summed E-state index contributed by atoms with van der Waals surface area (Å²) in [5.41, 5.74) is 0.682. The van der Waals surface area contributed by atoms with Gasteiger partial charge in [0.2, 0.25) is 0 Å². The maximum Gasteiger partial charge on any atom is 0.125 e. The van der Waals surface area contributed by atoms with Gasteiger partial charge in [-0.1, -0.05) is 6.07 Å². The maximum atomic E-state index is 9.89. The van der Waals surface area contributed by atoms with Gasteiger partial charge in [-0.25, -0.2) is 4.98 Å². The van der Waals surface area contributed by atoms with Crippen molar-refractivity contribution >= 4 is 5.82 Å². The van der Waals surface area contributed by atoms with Crippen molar-refractivity contribution in [2.75, 3.05) is 25.0 Å². The Morgan fingerprint density at radius 1 is 1.53 bits per heavy atom. The van der Waals surface area contributed by atoms with Crippen molar-refractivity contribution in [1.29, 1.82) is 0 Å². The summed E-state index contributed by atoms with van der Waals surface area (Å²) in [4.78, 5) is 6.61. The number of aliphatic hydroxyl groups is 1. The van der Waals surface area contributed by atoms with E-state index in [2.05, 4.69) is 28.2 Å². The van der Waals surface area contributed by atoms with E-state index >= 15 is 0 Å². The Kier molecular flexibility index (Phi) is 3.64. The molecule has 1 aliphatic rings. The molecule has 0 amide bonds. The van der Waals surface area contributed by atoms with E-state index in [1.165, 1.54) is 5.56 Å². The van der Waals surface area contributed by atoms with Crippen molar-refractivity contribution in [3.05, 3.63) is 23.9 Å². The van der Waals surface area contributed by atoms with E-state index in [4.69, 9.17) is 0 Å². The van der Waals surface area contributed by atoms with Crippen LogP contribution >= 0.6 is 0 Å². The molecule has 1 unspecified atom stereocenters. The van der Waals surface area contributed by atoms with E-state index in [9.17, 15) is 5.11 Å². The molecule has 0 bridgehead atoms. The van der Waals surface area contributed by atoms with Crippen molar-refractivity contribution in [3.63, 3.8) is 0 Å². The van der Waals surface area contributed by atoms with E-state index in [0.29, 0.717) is 0 Å². The van der Waals surface area contributed by atoms with Gasteiger partial charge in [-0.05, 0) is 31.9 Å². The highest BCUT2D eigenvalue weighted by Gasteiger charge is 2.30. The Bertz CT molecular complexity index is 361. The lowest BCUT2D eigenvalue weighted by Crippen LogP contribution is -2.29. The Balaban J connectivity index is 1.91.